The summed E-state index contributed by atoms with van der Waals surface area (Å²) in [4.78, 5) is 15.1. The number of carboxylic acid groups (broad SMARTS) is 1. The van der Waals surface area contributed by atoms with Crippen molar-refractivity contribution in [1.29, 1.82) is 0 Å². The molecule has 0 saturated heterocycles. The number of aromatic nitrogens is 1. The second kappa shape index (κ2) is 5.14. The number of pyridine rings is 1. The van der Waals surface area contributed by atoms with Crippen LogP contribution in [0.3, 0.4) is 0 Å². The van der Waals surface area contributed by atoms with E-state index in [2.05, 4.69) is 4.98 Å². The Morgan fingerprint density at radius 1 is 1.17 bits per heavy atom. The zero-order valence-corrected chi connectivity index (χ0v) is 9.75. The highest BCUT2D eigenvalue weighted by Crippen LogP contribution is 2.29. The van der Waals surface area contributed by atoms with Crippen molar-refractivity contribution in [3.63, 3.8) is 0 Å². The lowest BCUT2D eigenvalue weighted by Gasteiger charge is -2.04. The minimum atomic E-state index is -1.35. The van der Waals surface area contributed by atoms with E-state index in [0.717, 1.165) is 17.8 Å². The molecule has 6 heteroatoms. The van der Waals surface area contributed by atoms with Crippen LogP contribution < -0.4 is 0 Å². The normalized spacial score (nSPS) is 10.3. The average molecular weight is 267 g/mol. The Balaban J connectivity index is 2.32. The van der Waals surface area contributed by atoms with E-state index in [0.29, 0.717) is 4.90 Å². The molecule has 18 heavy (non-hydrogen) atoms. The molecule has 1 aromatic heterocycles. The zero-order chi connectivity index (χ0) is 13.1. The molecule has 0 aliphatic carbocycles. The van der Waals surface area contributed by atoms with E-state index in [1.165, 1.54) is 30.5 Å². The quantitative estimate of drug-likeness (QED) is 0.927. The first kappa shape index (κ1) is 12.5. The molecule has 2 rings (SSSR count). The number of nitrogens with zero attached hydrogens (tertiary/aromatic N) is 1. The Kier molecular flexibility index (Phi) is 3.57. The number of aromatic carboxylic acids is 1. The minimum absolute atomic E-state index is 0.0542. The first-order valence-electron chi connectivity index (χ1n) is 4.89. The molecule has 1 heterocycles. The Labute approximate surface area is 105 Å². The lowest BCUT2D eigenvalue weighted by Crippen LogP contribution is -2.02. The van der Waals surface area contributed by atoms with Crippen LogP contribution in [-0.2, 0) is 0 Å². The smallest absolute Gasteiger partial charge is 0.338 e. The number of benzene rings is 1. The molecule has 0 aliphatic rings. The van der Waals surface area contributed by atoms with Crippen LogP contribution in [0.1, 0.15) is 10.4 Å². The fourth-order valence-corrected chi connectivity index (χ4v) is 2.08. The van der Waals surface area contributed by atoms with Crippen LogP contribution in [0.4, 0.5) is 8.78 Å². The van der Waals surface area contributed by atoms with E-state index in [-0.39, 0.29) is 5.03 Å². The molecule has 0 atom stereocenters. The van der Waals surface area contributed by atoms with Crippen LogP contribution in [-0.4, -0.2) is 16.1 Å². The van der Waals surface area contributed by atoms with Crippen molar-refractivity contribution in [2.75, 3.05) is 0 Å². The Morgan fingerprint density at radius 3 is 2.44 bits per heavy atom. The van der Waals surface area contributed by atoms with E-state index in [1.807, 2.05) is 0 Å². The Hall–Kier alpha value is -1.95. The van der Waals surface area contributed by atoms with Gasteiger partial charge in [-0.15, -0.1) is 0 Å². The van der Waals surface area contributed by atoms with Gasteiger partial charge in [0.05, 0.1) is 5.56 Å². The number of hydrogen-bond acceptors (Lipinski definition) is 3. The fourth-order valence-electron chi connectivity index (χ4n) is 1.28. The summed E-state index contributed by atoms with van der Waals surface area (Å²) < 4.78 is 26.4. The molecule has 2 aromatic rings. The van der Waals surface area contributed by atoms with Gasteiger partial charge < -0.3 is 5.11 Å². The van der Waals surface area contributed by atoms with E-state index in [1.54, 1.807) is 0 Å². The molecular formula is C12H7F2NO2S. The molecular weight excluding hydrogens is 260 g/mol. The van der Waals surface area contributed by atoms with Gasteiger partial charge in [0.2, 0.25) is 0 Å². The van der Waals surface area contributed by atoms with Crippen LogP contribution in [0.5, 0.6) is 0 Å². The number of rotatable bonds is 3. The maximum absolute atomic E-state index is 13.8. The van der Waals surface area contributed by atoms with Gasteiger partial charge in [-0.25, -0.2) is 18.6 Å². The SMILES string of the molecule is O=C(O)c1ccnc(Sc2ccc(F)cc2)c1F. The number of carboxylic acids is 1. The van der Waals surface area contributed by atoms with Gasteiger partial charge in [0.25, 0.3) is 0 Å². The highest BCUT2D eigenvalue weighted by Gasteiger charge is 2.15. The topological polar surface area (TPSA) is 50.2 Å². The molecule has 0 spiro atoms. The van der Waals surface area contributed by atoms with Crippen LogP contribution in [0.15, 0.2) is 46.5 Å². The predicted octanol–water partition coefficient (Wildman–Crippen LogP) is 3.21. The van der Waals surface area contributed by atoms with E-state index in [4.69, 9.17) is 5.11 Å². The maximum Gasteiger partial charge on any atom is 0.338 e. The third-order valence-electron chi connectivity index (χ3n) is 2.12. The van der Waals surface area contributed by atoms with E-state index < -0.39 is 23.2 Å². The summed E-state index contributed by atoms with van der Waals surface area (Å²) in [7, 11) is 0. The van der Waals surface area contributed by atoms with Gasteiger partial charge in [-0.2, -0.15) is 0 Å². The van der Waals surface area contributed by atoms with Crippen LogP contribution >= 0.6 is 11.8 Å². The summed E-state index contributed by atoms with van der Waals surface area (Å²) in [5, 5.41) is 8.71. The molecule has 0 bridgehead atoms. The second-order valence-corrected chi connectivity index (χ2v) is 4.40. The van der Waals surface area contributed by atoms with Crippen LogP contribution in [0.2, 0.25) is 0 Å². The molecule has 0 unspecified atom stereocenters. The molecule has 0 saturated carbocycles. The number of hydrogen-bond donors (Lipinski definition) is 1. The number of carbonyl (C=O) groups is 1. The third kappa shape index (κ3) is 2.65. The average Bonchev–Trinajstić information content (AvgIpc) is 2.34. The maximum atomic E-state index is 13.8. The van der Waals surface area contributed by atoms with Crippen molar-refractivity contribution in [3.05, 3.63) is 53.7 Å². The molecule has 0 fully saturated rings. The summed E-state index contributed by atoms with van der Waals surface area (Å²) in [6.07, 6.45) is 1.22. The van der Waals surface area contributed by atoms with Gasteiger partial charge >= 0.3 is 5.97 Å². The first-order valence-corrected chi connectivity index (χ1v) is 5.71. The van der Waals surface area contributed by atoms with E-state index >= 15 is 0 Å². The summed E-state index contributed by atoms with van der Waals surface area (Å²) in [6, 6.07) is 6.50. The highest BCUT2D eigenvalue weighted by atomic mass is 32.2. The lowest BCUT2D eigenvalue weighted by molar-refractivity contribution is 0.0691. The van der Waals surface area contributed by atoms with Crippen molar-refractivity contribution in [2.24, 2.45) is 0 Å². The summed E-state index contributed by atoms with van der Waals surface area (Å²) >= 11 is 0.938. The van der Waals surface area contributed by atoms with Gasteiger partial charge in [0.1, 0.15) is 10.8 Å². The molecule has 92 valence electrons. The van der Waals surface area contributed by atoms with Gasteiger partial charge in [0, 0.05) is 11.1 Å². The first-order chi connectivity index (χ1) is 8.58. The van der Waals surface area contributed by atoms with Crippen molar-refractivity contribution in [3.8, 4) is 0 Å². The second-order valence-electron chi connectivity index (χ2n) is 3.34. The predicted molar refractivity (Wildman–Crippen MR) is 61.7 cm³/mol. The molecule has 0 aliphatic heterocycles. The van der Waals surface area contributed by atoms with Crippen LogP contribution in [0.25, 0.3) is 0 Å². The third-order valence-corrected chi connectivity index (χ3v) is 3.10. The monoisotopic (exact) mass is 267 g/mol. The van der Waals surface area contributed by atoms with Crippen LogP contribution in [0, 0.1) is 11.6 Å². The Bertz CT molecular complexity index is 587. The molecule has 1 aromatic carbocycles. The van der Waals surface area contributed by atoms with Crippen molar-refractivity contribution in [2.45, 2.75) is 9.92 Å². The van der Waals surface area contributed by atoms with Gasteiger partial charge in [-0.3, -0.25) is 0 Å². The Morgan fingerprint density at radius 2 is 1.83 bits per heavy atom. The largest absolute Gasteiger partial charge is 0.478 e. The standard InChI is InChI=1S/C12H7F2NO2S/c13-7-1-3-8(4-2-7)18-11-10(14)9(12(16)17)5-6-15-11/h1-6H,(H,16,17). The molecule has 3 nitrogen and oxygen atoms in total. The minimum Gasteiger partial charge on any atom is -0.478 e. The summed E-state index contributed by atoms with van der Waals surface area (Å²) in [6.45, 7) is 0. The van der Waals surface area contributed by atoms with Gasteiger partial charge in [-0.05, 0) is 30.3 Å². The van der Waals surface area contributed by atoms with Gasteiger partial charge in [0.15, 0.2) is 5.82 Å². The summed E-state index contributed by atoms with van der Waals surface area (Å²) in [5.41, 5.74) is -0.436. The van der Waals surface area contributed by atoms with E-state index in [9.17, 15) is 13.6 Å². The zero-order valence-electron chi connectivity index (χ0n) is 8.93. The van der Waals surface area contributed by atoms with Gasteiger partial charge in [-0.1, -0.05) is 11.8 Å². The lowest BCUT2D eigenvalue weighted by atomic mass is 10.3. The van der Waals surface area contributed by atoms with Crippen molar-refractivity contribution >= 4 is 17.7 Å². The highest BCUT2D eigenvalue weighted by molar-refractivity contribution is 7.99. The fraction of sp³-hybridized carbons (Fsp3) is 0. The molecule has 1 N–H and O–H groups in total. The molecule has 0 radical (unpaired) electrons. The van der Waals surface area contributed by atoms with Crippen molar-refractivity contribution < 1.29 is 18.7 Å². The number of halogens is 2. The van der Waals surface area contributed by atoms with Crippen molar-refractivity contribution in [1.82, 2.24) is 4.98 Å². The summed E-state index contributed by atoms with van der Waals surface area (Å²) in [5.74, 6) is -2.64. The molecule has 0 amide bonds.